The average Bonchev–Trinajstić information content (AvgIpc) is 2.86. The van der Waals surface area contributed by atoms with Crippen LogP contribution in [0.3, 0.4) is 0 Å². The molecule has 0 aliphatic carbocycles. The summed E-state index contributed by atoms with van der Waals surface area (Å²) in [5, 5.41) is 19.2. The van der Waals surface area contributed by atoms with E-state index in [1.807, 2.05) is 30.3 Å². The number of aliphatic hydroxyl groups is 1. The third-order valence-electron chi connectivity index (χ3n) is 5.74. The van der Waals surface area contributed by atoms with Crippen LogP contribution in [-0.4, -0.2) is 58.1 Å². The SMILES string of the molecule is CNc1cc(-c2ccc(SN3CCC(Nc4ccc(C(F)(F)F)cn4)C(O)C3)cc2)cnc1NC=O. The number of anilines is 3. The highest BCUT2D eigenvalue weighted by Gasteiger charge is 2.31. The summed E-state index contributed by atoms with van der Waals surface area (Å²) in [6, 6.07) is 11.8. The molecule has 1 aliphatic heterocycles. The van der Waals surface area contributed by atoms with Gasteiger partial charge in [-0.25, -0.2) is 14.3 Å². The maximum atomic E-state index is 12.7. The van der Waals surface area contributed by atoms with E-state index in [0.29, 0.717) is 43.2 Å². The minimum atomic E-state index is -4.43. The van der Waals surface area contributed by atoms with Gasteiger partial charge in [0.1, 0.15) is 5.82 Å². The lowest BCUT2D eigenvalue weighted by molar-refractivity contribution is -0.137. The second-order valence-corrected chi connectivity index (χ2v) is 9.34. The normalized spacial score (nSPS) is 18.5. The van der Waals surface area contributed by atoms with E-state index in [1.165, 1.54) is 18.0 Å². The van der Waals surface area contributed by atoms with Gasteiger partial charge < -0.3 is 21.1 Å². The van der Waals surface area contributed by atoms with E-state index in [9.17, 15) is 23.1 Å². The number of carbonyl (C=O) groups excluding carboxylic acids is 1. The average molecular weight is 519 g/mol. The Balaban J connectivity index is 1.33. The zero-order valence-corrected chi connectivity index (χ0v) is 20.1. The van der Waals surface area contributed by atoms with Gasteiger partial charge in [-0.3, -0.25) is 4.79 Å². The number of alkyl halides is 3. The molecule has 3 heterocycles. The van der Waals surface area contributed by atoms with Crippen molar-refractivity contribution in [2.45, 2.75) is 29.6 Å². The number of nitrogens with zero attached hydrogens (tertiary/aromatic N) is 3. The first-order valence-electron chi connectivity index (χ1n) is 11.2. The third kappa shape index (κ3) is 6.25. The monoisotopic (exact) mass is 518 g/mol. The number of piperidine rings is 1. The molecule has 2 unspecified atom stereocenters. The second-order valence-electron chi connectivity index (χ2n) is 8.17. The second kappa shape index (κ2) is 11.1. The van der Waals surface area contributed by atoms with E-state index < -0.39 is 17.8 Å². The summed E-state index contributed by atoms with van der Waals surface area (Å²) in [6.07, 6.45) is -1.48. The molecular formula is C24H25F3N6O2S. The van der Waals surface area contributed by atoms with Crippen LogP contribution in [0.25, 0.3) is 11.1 Å². The Morgan fingerprint density at radius 2 is 1.89 bits per heavy atom. The lowest BCUT2D eigenvalue weighted by atomic mass is 10.0. The summed E-state index contributed by atoms with van der Waals surface area (Å²) < 4.78 is 40.2. The molecule has 0 saturated carbocycles. The number of benzene rings is 1. The predicted molar refractivity (Wildman–Crippen MR) is 134 cm³/mol. The highest BCUT2D eigenvalue weighted by atomic mass is 32.2. The van der Waals surface area contributed by atoms with Crippen molar-refractivity contribution >= 4 is 35.7 Å². The van der Waals surface area contributed by atoms with Crippen molar-refractivity contribution < 1.29 is 23.1 Å². The number of amides is 1. The number of aliphatic hydroxyl groups excluding tert-OH is 1. The van der Waals surface area contributed by atoms with Crippen molar-refractivity contribution in [2.75, 3.05) is 36.1 Å². The molecule has 1 amide bonds. The Kier molecular flexibility index (Phi) is 7.97. The van der Waals surface area contributed by atoms with E-state index in [0.717, 1.165) is 28.3 Å². The Hall–Kier alpha value is -3.35. The summed E-state index contributed by atoms with van der Waals surface area (Å²) in [5.74, 6) is 0.753. The molecule has 8 nitrogen and oxygen atoms in total. The molecule has 1 fully saturated rings. The zero-order valence-electron chi connectivity index (χ0n) is 19.3. The lowest BCUT2D eigenvalue weighted by Crippen LogP contribution is -2.47. The van der Waals surface area contributed by atoms with Crippen molar-refractivity contribution in [3.63, 3.8) is 0 Å². The Morgan fingerprint density at radius 3 is 2.50 bits per heavy atom. The number of halogens is 3. The molecule has 1 aliphatic rings. The van der Waals surface area contributed by atoms with Crippen molar-refractivity contribution in [2.24, 2.45) is 0 Å². The number of rotatable bonds is 8. The number of pyridine rings is 2. The summed E-state index contributed by atoms with van der Waals surface area (Å²) in [6.45, 7) is 1.08. The standard InChI is InChI=1S/C24H25F3N6O2S/c1-28-20-10-16(11-30-23(20)31-14-34)15-2-5-18(6-3-15)36-33-9-8-19(21(35)13-33)32-22-7-4-17(12-29-22)24(25,26)27/h2-7,10-12,14,19,21,28,35H,8-9,13H2,1H3,(H,29,32)(H,30,31,34). The zero-order chi connectivity index (χ0) is 25.7. The summed E-state index contributed by atoms with van der Waals surface area (Å²) in [4.78, 5) is 19.8. The van der Waals surface area contributed by atoms with E-state index in [2.05, 4.69) is 30.2 Å². The van der Waals surface area contributed by atoms with Crippen LogP contribution in [0.4, 0.5) is 30.5 Å². The van der Waals surface area contributed by atoms with Crippen LogP contribution < -0.4 is 16.0 Å². The van der Waals surface area contributed by atoms with Gasteiger partial charge in [0.05, 0.1) is 23.4 Å². The molecule has 3 aromatic rings. The molecular weight excluding hydrogens is 493 g/mol. The molecule has 190 valence electrons. The molecule has 0 radical (unpaired) electrons. The minimum Gasteiger partial charge on any atom is -0.390 e. The molecule has 4 rings (SSSR count). The molecule has 12 heteroatoms. The van der Waals surface area contributed by atoms with Crippen molar-refractivity contribution in [3.05, 3.63) is 60.4 Å². The van der Waals surface area contributed by atoms with Crippen molar-refractivity contribution in [1.29, 1.82) is 0 Å². The van der Waals surface area contributed by atoms with Gasteiger partial charge in [-0.05, 0) is 54.3 Å². The Morgan fingerprint density at radius 1 is 1.11 bits per heavy atom. The van der Waals surface area contributed by atoms with Gasteiger partial charge in [0.2, 0.25) is 6.41 Å². The number of aromatic nitrogens is 2. The van der Waals surface area contributed by atoms with E-state index >= 15 is 0 Å². The molecule has 2 atom stereocenters. The number of carbonyl (C=O) groups is 1. The smallest absolute Gasteiger partial charge is 0.390 e. The van der Waals surface area contributed by atoms with Crippen LogP contribution in [0.1, 0.15) is 12.0 Å². The molecule has 1 aromatic carbocycles. The number of hydrogen-bond acceptors (Lipinski definition) is 8. The predicted octanol–water partition coefficient (Wildman–Crippen LogP) is 4.33. The van der Waals surface area contributed by atoms with Gasteiger partial charge in [-0.1, -0.05) is 12.1 Å². The number of hydrogen-bond donors (Lipinski definition) is 4. The fourth-order valence-electron chi connectivity index (χ4n) is 3.83. The van der Waals surface area contributed by atoms with Crippen LogP contribution >= 0.6 is 11.9 Å². The lowest BCUT2D eigenvalue weighted by Gasteiger charge is -2.35. The molecule has 0 bridgehead atoms. The molecule has 4 N–H and O–H groups in total. The topological polar surface area (TPSA) is 102 Å². The maximum absolute atomic E-state index is 12.7. The quantitative estimate of drug-likeness (QED) is 0.258. The molecule has 36 heavy (non-hydrogen) atoms. The highest BCUT2D eigenvalue weighted by molar-refractivity contribution is 7.97. The first-order chi connectivity index (χ1) is 17.3. The Labute approximate surface area is 210 Å². The first-order valence-corrected chi connectivity index (χ1v) is 11.9. The van der Waals surface area contributed by atoms with Gasteiger partial charge in [0.15, 0.2) is 5.82 Å². The fourth-order valence-corrected chi connectivity index (χ4v) is 4.81. The molecule has 1 saturated heterocycles. The van der Waals surface area contributed by atoms with Crippen LogP contribution in [0.5, 0.6) is 0 Å². The van der Waals surface area contributed by atoms with E-state index in [4.69, 9.17) is 0 Å². The number of β-amino-alcohol motifs (C(OH)–C–C–N with tert-alkyl or cyclic N) is 1. The van der Waals surface area contributed by atoms with E-state index in [-0.39, 0.29) is 6.04 Å². The van der Waals surface area contributed by atoms with Gasteiger partial charge in [0, 0.05) is 43.0 Å². The molecule has 2 aromatic heterocycles. The van der Waals surface area contributed by atoms with Crippen LogP contribution in [-0.2, 0) is 11.0 Å². The fraction of sp³-hybridized carbons (Fsp3) is 0.292. The van der Waals surface area contributed by atoms with Gasteiger partial charge in [-0.15, -0.1) is 0 Å². The number of nitrogens with one attached hydrogen (secondary N) is 3. The maximum Gasteiger partial charge on any atom is 0.417 e. The van der Waals surface area contributed by atoms with Crippen molar-refractivity contribution in [3.8, 4) is 11.1 Å². The highest BCUT2D eigenvalue weighted by Crippen LogP contribution is 2.32. The third-order valence-corrected chi connectivity index (χ3v) is 6.82. The van der Waals surface area contributed by atoms with Gasteiger partial charge in [0.25, 0.3) is 0 Å². The summed E-state index contributed by atoms with van der Waals surface area (Å²) in [5.41, 5.74) is 1.76. The minimum absolute atomic E-state index is 0.301. The van der Waals surface area contributed by atoms with Crippen LogP contribution in [0, 0.1) is 0 Å². The van der Waals surface area contributed by atoms with Crippen LogP contribution in [0.2, 0.25) is 0 Å². The molecule has 0 spiro atoms. The van der Waals surface area contributed by atoms with Crippen molar-refractivity contribution in [1.82, 2.24) is 14.3 Å². The van der Waals surface area contributed by atoms with Gasteiger partial charge in [-0.2, -0.15) is 13.2 Å². The van der Waals surface area contributed by atoms with E-state index in [1.54, 1.807) is 13.2 Å². The first kappa shape index (κ1) is 25.7. The largest absolute Gasteiger partial charge is 0.417 e. The van der Waals surface area contributed by atoms with Gasteiger partial charge >= 0.3 is 6.18 Å². The van der Waals surface area contributed by atoms with Crippen LogP contribution in [0.15, 0.2) is 59.8 Å². The summed E-state index contributed by atoms with van der Waals surface area (Å²) in [7, 11) is 1.75. The summed E-state index contributed by atoms with van der Waals surface area (Å²) >= 11 is 1.53. The Bertz CT molecular complexity index is 1180.